The maximum Gasteiger partial charge on any atom is 0.218 e. The topological polar surface area (TPSA) is 42.3 Å². The van der Waals surface area contributed by atoms with Gasteiger partial charge in [-0.1, -0.05) is 60.7 Å². The maximum atomic E-state index is 13.4. The number of hydrogen-bond donors (Lipinski definition) is 0. The Morgan fingerprint density at radius 1 is 0.853 bits per heavy atom. The van der Waals surface area contributed by atoms with Gasteiger partial charge in [-0.25, -0.2) is 17.1 Å². The summed E-state index contributed by atoms with van der Waals surface area (Å²) in [5.74, 6) is 0.129. The average molecular weight is 477 g/mol. The van der Waals surface area contributed by atoms with Crippen LogP contribution in [0.1, 0.15) is 41.1 Å². The number of hydrogen-bond acceptors (Lipinski definition) is 2. The number of halogens is 1. The molecule has 176 valence electrons. The molecule has 5 rings (SSSR count). The zero-order chi connectivity index (χ0) is 23.7. The van der Waals surface area contributed by atoms with Crippen LogP contribution in [-0.4, -0.2) is 30.4 Å². The molecule has 1 fully saturated rings. The zero-order valence-corrected chi connectivity index (χ0v) is 20.1. The second-order valence-electron chi connectivity index (χ2n) is 9.14. The van der Waals surface area contributed by atoms with Crippen molar-refractivity contribution in [2.24, 2.45) is 0 Å². The largest absolute Gasteiger partial charge is 0.340 e. The third kappa shape index (κ3) is 4.52. The zero-order valence-electron chi connectivity index (χ0n) is 19.3. The van der Waals surface area contributed by atoms with Gasteiger partial charge in [0.25, 0.3) is 0 Å². The molecule has 0 saturated carbocycles. The maximum absolute atomic E-state index is 13.4. The second kappa shape index (κ2) is 9.35. The van der Waals surface area contributed by atoms with Crippen LogP contribution >= 0.6 is 0 Å². The van der Waals surface area contributed by atoms with E-state index >= 15 is 0 Å². The minimum absolute atomic E-state index is 0.0501. The highest BCUT2D eigenvalue weighted by Gasteiger charge is 2.31. The summed E-state index contributed by atoms with van der Waals surface area (Å²) in [5.41, 5.74) is 5.57. The van der Waals surface area contributed by atoms with E-state index in [2.05, 4.69) is 29.7 Å². The third-order valence-electron chi connectivity index (χ3n) is 6.98. The predicted octanol–water partition coefficient (Wildman–Crippen LogP) is 5.85. The Kier molecular flexibility index (Phi) is 6.28. The highest BCUT2D eigenvalue weighted by Crippen LogP contribution is 2.38. The molecule has 1 saturated heterocycles. The number of fused-ring (bicyclic) bond motifs is 1. The van der Waals surface area contributed by atoms with Gasteiger partial charge in [0.15, 0.2) is 0 Å². The van der Waals surface area contributed by atoms with Crippen molar-refractivity contribution in [3.63, 3.8) is 0 Å². The normalized spacial score (nSPS) is 15.7. The molecule has 2 heterocycles. The fourth-order valence-electron chi connectivity index (χ4n) is 5.25. The molecule has 0 bridgehead atoms. The Labute approximate surface area is 200 Å². The van der Waals surface area contributed by atoms with Crippen molar-refractivity contribution in [3.8, 4) is 0 Å². The summed E-state index contributed by atoms with van der Waals surface area (Å²) in [6.07, 6.45) is 1.61. The van der Waals surface area contributed by atoms with Crippen molar-refractivity contribution in [1.29, 1.82) is 0 Å². The molecule has 0 radical (unpaired) electrons. The summed E-state index contributed by atoms with van der Waals surface area (Å²) in [5, 5.41) is 1.23. The Morgan fingerprint density at radius 2 is 1.50 bits per heavy atom. The van der Waals surface area contributed by atoms with Crippen LogP contribution in [0.5, 0.6) is 0 Å². The van der Waals surface area contributed by atoms with Crippen LogP contribution in [0.3, 0.4) is 0 Å². The van der Waals surface area contributed by atoms with Gasteiger partial charge in [0.1, 0.15) is 5.82 Å². The fraction of sp³-hybridized carbons (Fsp3) is 0.286. The van der Waals surface area contributed by atoms with Crippen LogP contribution in [0.25, 0.3) is 10.9 Å². The number of piperidine rings is 1. The molecule has 4 nitrogen and oxygen atoms in total. The molecule has 0 atom stereocenters. The van der Waals surface area contributed by atoms with Crippen LogP contribution < -0.4 is 0 Å². The van der Waals surface area contributed by atoms with Crippen LogP contribution in [0.4, 0.5) is 4.39 Å². The van der Waals surface area contributed by atoms with Crippen molar-refractivity contribution in [2.45, 2.75) is 38.0 Å². The van der Waals surface area contributed by atoms with Crippen molar-refractivity contribution in [3.05, 3.63) is 107 Å². The molecule has 4 aromatic rings. The molecule has 0 unspecified atom stereocenters. The molecule has 3 aromatic carbocycles. The molecule has 1 aliphatic rings. The van der Waals surface area contributed by atoms with E-state index in [1.807, 2.05) is 48.5 Å². The lowest BCUT2D eigenvalue weighted by molar-refractivity contribution is 0.319. The van der Waals surface area contributed by atoms with Crippen LogP contribution in [0, 0.1) is 12.7 Å². The standard InChI is InChI=1S/C28H29FN2O2S/c1-21-28(24-15-17-30(18-16-24)34(32,33)20-23-7-3-2-4-8-23)26-9-5-6-10-27(26)31(21)19-22-11-13-25(29)14-12-22/h2-14,24H,15-20H2,1H3. The minimum atomic E-state index is -3.34. The molecular weight excluding hydrogens is 447 g/mol. The Morgan fingerprint density at radius 3 is 2.21 bits per heavy atom. The first-order chi connectivity index (χ1) is 16.4. The van der Waals surface area contributed by atoms with Crippen molar-refractivity contribution >= 4 is 20.9 Å². The summed E-state index contributed by atoms with van der Waals surface area (Å²) in [7, 11) is -3.34. The van der Waals surface area contributed by atoms with E-state index in [1.54, 1.807) is 4.31 Å². The van der Waals surface area contributed by atoms with Gasteiger partial charge in [-0.3, -0.25) is 0 Å². The molecular formula is C28H29FN2O2S. The van der Waals surface area contributed by atoms with Gasteiger partial charge < -0.3 is 4.57 Å². The van der Waals surface area contributed by atoms with Gasteiger partial charge in [0.2, 0.25) is 10.0 Å². The fourth-order valence-corrected chi connectivity index (χ4v) is 6.81. The Bertz CT molecular complexity index is 1390. The highest BCUT2D eigenvalue weighted by molar-refractivity contribution is 7.88. The Balaban J connectivity index is 1.38. The number of sulfonamides is 1. The van der Waals surface area contributed by atoms with Gasteiger partial charge in [0.05, 0.1) is 5.75 Å². The van der Waals surface area contributed by atoms with Gasteiger partial charge in [-0.15, -0.1) is 0 Å². The average Bonchev–Trinajstić information content (AvgIpc) is 3.12. The van der Waals surface area contributed by atoms with Crippen LogP contribution in [-0.2, 0) is 22.3 Å². The molecule has 0 N–H and O–H groups in total. The lowest BCUT2D eigenvalue weighted by Crippen LogP contribution is -2.38. The summed E-state index contributed by atoms with van der Waals surface area (Å²) in [6.45, 7) is 3.90. The number of para-hydroxylation sites is 1. The number of aromatic nitrogens is 1. The summed E-state index contributed by atoms with van der Waals surface area (Å²) >= 11 is 0. The highest BCUT2D eigenvalue weighted by atomic mass is 32.2. The first kappa shape index (κ1) is 22.8. The smallest absolute Gasteiger partial charge is 0.218 e. The lowest BCUT2D eigenvalue weighted by Gasteiger charge is -2.31. The number of benzene rings is 3. The minimum Gasteiger partial charge on any atom is -0.340 e. The van der Waals surface area contributed by atoms with Gasteiger partial charge in [0, 0.05) is 36.2 Å². The van der Waals surface area contributed by atoms with Gasteiger partial charge in [-0.2, -0.15) is 0 Å². The summed E-state index contributed by atoms with van der Waals surface area (Å²) in [6, 6.07) is 24.5. The summed E-state index contributed by atoms with van der Waals surface area (Å²) in [4.78, 5) is 0. The van der Waals surface area contributed by atoms with E-state index < -0.39 is 10.0 Å². The quantitative estimate of drug-likeness (QED) is 0.351. The van der Waals surface area contributed by atoms with E-state index in [1.165, 1.54) is 34.3 Å². The van der Waals surface area contributed by atoms with Crippen LogP contribution in [0.15, 0.2) is 78.9 Å². The molecule has 1 aliphatic heterocycles. The number of rotatable bonds is 6. The summed E-state index contributed by atoms with van der Waals surface area (Å²) < 4.78 is 43.4. The molecule has 6 heteroatoms. The first-order valence-electron chi connectivity index (χ1n) is 11.8. The van der Waals surface area contributed by atoms with E-state index in [0.717, 1.165) is 24.0 Å². The molecule has 1 aromatic heterocycles. The second-order valence-corrected chi connectivity index (χ2v) is 11.1. The van der Waals surface area contributed by atoms with Crippen molar-refractivity contribution < 1.29 is 12.8 Å². The van der Waals surface area contributed by atoms with Crippen molar-refractivity contribution in [1.82, 2.24) is 8.87 Å². The molecule has 0 spiro atoms. The van der Waals surface area contributed by atoms with Gasteiger partial charge in [-0.05, 0) is 60.6 Å². The van der Waals surface area contributed by atoms with E-state index in [-0.39, 0.29) is 11.6 Å². The number of nitrogens with zero attached hydrogens (tertiary/aromatic N) is 2. The first-order valence-corrected chi connectivity index (χ1v) is 13.4. The van der Waals surface area contributed by atoms with Gasteiger partial charge >= 0.3 is 0 Å². The SMILES string of the molecule is Cc1c(C2CCN(S(=O)(=O)Cc3ccccc3)CC2)c2ccccc2n1Cc1ccc(F)cc1. The predicted molar refractivity (Wildman–Crippen MR) is 135 cm³/mol. The van der Waals surface area contributed by atoms with E-state index in [9.17, 15) is 12.8 Å². The molecule has 0 aliphatic carbocycles. The third-order valence-corrected chi connectivity index (χ3v) is 8.83. The monoisotopic (exact) mass is 476 g/mol. The molecule has 0 amide bonds. The Hall–Kier alpha value is -2.96. The van der Waals surface area contributed by atoms with E-state index in [4.69, 9.17) is 0 Å². The van der Waals surface area contributed by atoms with Crippen molar-refractivity contribution in [2.75, 3.05) is 13.1 Å². The molecule has 34 heavy (non-hydrogen) atoms. The van der Waals surface area contributed by atoms with E-state index in [0.29, 0.717) is 25.6 Å². The lowest BCUT2D eigenvalue weighted by atomic mass is 9.88. The van der Waals surface area contributed by atoms with Crippen LogP contribution in [0.2, 0.25) is 0 Å².